The lowest BCUT2D eigenvalue weighted by molar-refractivity contribution is -0.130. The van der Waals surface area contributed by atoms with Crippen LogP contribution in [0.2, 0.25) is 5.02 Å². The molecule has 0 fully saturated rings. The summed E-state index contributed by atoms with van der Waals surface area (Å²) in [6.45, 7) is 2.44. The third kappa shape index (κ3) is 3.51. The third-order valence-electron chi connectivity index (χ3n) is 2.37. The van der Waals surface area contributed by atoms with Gasteiger partial charge in [0.25, 0.3) is 0 Å². The number of benzene rings is 1. The van der Waals surface area contributed by atoms with Crippen LogP contribution in [-0.2, 0) is 11.3 Å². The number of carbonyl (C=O) groups excluding carboxylic acids is 1. The highest BCUT2D eigenvalue weighted by Crippen LogP contribution is 2.14. The van der Waals surface area contributed by atoms with E-state index in [4.69, 9.17) is 11.6 Å². The molecule has 0 aromatic heterocycles. The van der Waals surface area contributed by atoms with Crippen molar-refractivity contribution < 1.29 is 4.79 Å². The Morgan fingerprint density at radius 1 is 1.44 bits per heavy atom. The van der Waals surface area contributed by atoms with Crippen LogP contribution < -0.4 is 5.32 Å². The van der Waals surface area contributed by atoms with Gasteiger partial charge in [0, 0.05) is 25.7 Å². The minimum absolute atomic E-state index is 0.0621. The zero-order valence-corrected chi connectivity index (χ0v) is 10.6. The first-order chi connectivity index (χ1) is 7.52. The molecular weight excluding hydrogens is 224 g/mol. The van der Waals surface area contributed by atoms with E-state index in [9.17, 15) is 4.79 Å². The molecule has 1 amide bonds. The van der Waals surface area contributed by atoms with Crippen molar-refractivity contribution in [1.82, 2.24) is 10.2 Å². The van der Waals surface area contributed by atoms with Crippen LogP contribution in [0.1, 0.15) is 12.5 Å². The summed E-state index contributed by atoms with van der Waals surface area (Å²) in [5.74, 6) is 0.0621. The molecule has 0 radical (unpaired) electrons. The van der Waals surface area contributed by atoms with Crippen molar-refractivity contribution in [3.05, 3.63) is 34.9 Å². The van der Waals surface area contributed by atoms with Crippen molar-refractivity contribution in [2.45, 2.75) is 19.5 Å². The van der Waals surface area contributed by atoms with Gasteiger partial charge < -0.3 is 10.2 Å². The summed E-state index contributed by atoms with van der Waals surface area (Å²) >= 11 is 6.01. The quantitative estimate of drug-likeness (QED) is 0.872. The number of carbonyl (C=O) groups is 1. The largest absolute Gasteiger partial charge is 0.347 e. The van der Waals surface area contributed by atoms with Crippen LogP contribution in [0.3, 0.4) is 0 Å². The van der Waals surface area contributed by atoms with E-state index in [2.05, 4.69) is 5.32 Å². The minimum Gasteiger partial charge on any atom is -0.347 e. The summed E-state index contributed by atoms with van der Waals surface area (Å²) in [5.41, 5.74) is 1.00. The molecule has 0 saturated heterocycles. The molecule has 0 bridgehead atoms. The van der Waals surface area contributed by atoms with E-state index in [1.165, 1.54) is 0 Å². The Labute approximate surface area is 101 Å². The van der Waals surface area contributed by atoms with Crippen molar-refractivity contribution in [3.8, 4) is 0 Å². The summed E-state index contributed by atoms with van der Waals surface area (Å²) in [5, 5.41) is 3.87. The highest BCUT2D eigenvalue weighted by molar-refractivity contribution is 6.31. The van der Waals surface area contributed by atoms with Crippen LogP contribution in [0.4, 0.5) is 0 Å². The Morgan fingerprint density at radius 2 is 2.06 bits per heavy atom. The van der Waals surface area contributed by atoms with Gasteiger partial charge in [0.15, 0.2) is 0 Å². The number of rotatable bonds is 4. The molecule has 0 heterocycles. The maximum Gasteiger partial charge on any atom is 0.238 e. The number of halogens is 1. The van der Waals surface area contributed by atoms with Crippen molar-refractivity contribution in [1.29, 1.82) is 0 Å². The van der Waals surface area contributed by atoms with Gasteiger partial charge in [0.1, 0.15) is 0 Å². The Morgan fingerprint density at radius 3 is 2.62 bits per heavy atom. The minimum atomic E-state index is -0.203. The number of hydrogen-bond donors (Lipinski definition) is 1. The lowest BCUT2D eigenvalue weighted by Gasteiger charge is -2.18. The van der Waals surface area contributed by atoms with Crippen LogP contribution in [0.25, 0.3) is 0 Å². The molecule has 16 heavy (non-hydrogen) atoms. The molecule has 1 atom stereocenters. The molecule has 1 aromatic carbocycles. The molecule has 0 saturated carbocycles. The Kier molecular flexibility index (Phi) is 4.77. The van der Waals surface area contributed by atoms with Crippen LogP contribution in [0.5, 0.6) is 0 Å². The van der Waals surface area contributed by atoms with Crippen LogP contribution in [0, 0.1) is 0 Å². The molecule has 4 heteroatoms. The smallest absolute Gasteiger partial charge is 0.238 e. The standard InChI is InChI=1S/C12H17ClN2O/c1-9(12(16)15(2)3)14-8-10-6-4-5-7-11(10)13/h4-7,9,14H,8H2,1-3H3. The first-order valence-corrected chi connectivity index (χ1v) is 5.58. The Bertz CT molecular complexity index is 366. The average Bonchev–Trinajstić information content (AvgIpc) is 2.26. The van der Waals surface area contributed by atoms with E-state index in [0.29, 0.717) is 6.54 Å². The van der Waals surface area contributed by atoms with Crippen LogP contribution >= 0.6 is 11.6 Å². The van der Waals surface area contributed by atoms with E-state index >= 15 is 0 Å². The van der Waals surface area contributed by atoms with Crippen LogP contribution in [-0.4, -0.2) is 30.9 Å². The summed E-state index contributed by atoms with van der Waals surface area (Å²) in [7, 11) is 3.49. The zero-order chi connectivity index (χ0) is 12.1. The molecular formula is C12H17ClN2O. The van der Waals surface area contributed by atoms with Gasteiger partial charge in [-0.05, 0) is 18.6 Å². The van der Waals surface area contributed by atoms with Crippen molar-refractivity contribution in [3.63, 3.8) is 0 Å². The number of nitrogens with one attached hydrogen (secondary N) is 1. The number of nitrogens with zero attached hydrogens (tertiary/aromatic N) is 1. The van der Waals surface area contributed by atoms with Gasteiger partial charge in [-0.3, -0.25) is 4.79 Å². The summed E-state index contributed by atoms with van der Waals surface area (Å²) < 4.78 is 0. The fourth-order valence-corrected chi connectivity index (χ4v) is 1.58. The van der Waals surface area contributed by atoms with E-state index in [-0.39, 0.29) is 11.9 Å². The zero-order valence-electron chi connectivity index (χ0n) is 9.83. The van der Waals surface area contributed by atoms with Crippen molar-refractivity contribution >= 4 is 17.5 Å². The lowest BCUT2D eigenvalue weighted by Crippen LogP contribution is -2.41. The predicted molar refractivity (Wildman–Crippen MR) is 66.4 cm³/mol. The fraction of sp³-hybridized carbons (Fsp3) is 0.417. The van der Waals surface area contributed by atoms with Gasteiger partial charge in [-0.2, -0.15) is 0 Å². The van der Waals surface area contributed by atoms with Gasteiger partial charge in [-0.15, -0.1) is 0 Å². The molecule has 88 valence electrons. The lowest BCUT2D eigenvalue weighted by atomic mass is 10.2. The molecule has 3 nitrogen and oxygen atoms in total. The summed E-state index contributed by atoms with van der Waals surface area (Å²) in [4.78, 5) is 13.2. The first kappa shape index (κ1) is 13.0. The van der Waals surface area contributed by atoms with E-state index in [1.807, 2.05) is 31.2 Å². The molecule has 1 N–H and O–H groups in total. The second kappa shape index (κ2) is 5.87. The number of amides is 1. The second-order valence-electron chi connectivity index (χ2n) is 3.93. The maximum atomic E-state index is 11.6. The molecule has 1 aromatic rings. The Balaban J connectivity index is 2.52. The number of hydrogen-bond acceptors (Lipinski definition) is 2. The topological polar surface area (TPSA) is 32.3 Å². The monoisotopic (exact) mass is 240 g/mol. The second-order valence-corrected chi connectivity index (χ2v) is 4.33. The number of likely N-dealkylation sites (N-methyl/N-ethyl adjacent to an activating group) is 1. The highest BCUT2D eigenvalue weighted by atomic mass is 35.5. The van der Waals surface area contributed by atoms with E-state index in [0.717, 1.165) is 10.6 Å². The van der Waals surface area contributed by atoms with Crippen LogP contribution in [0.15, 0.2) is 24.3 Å². The molecule has 0 aliphatic carbocycles. The van der Waals surface area contributed by atoms with Gasteiger partial charge >= 0.3 is 0 Å². The molecule has 0 spiro atoms. The maximum absolute atomic E-state index is 11.6. The Hall–Kier alpha value is -1.06. The molecule has 0 aliphatic heterocycles. The van der Waals surface area contributed by atoms with Gasteiger partial charge in [0.2, 0.25) is 5.91 Å². The van der Waals surface area contributed by atoms with Gasteiger partial charge in [-0.1, -0.05) is 29.8 Å². The molecule has 1 unspecified atom stereocenters. The van der Waals surface area contributed by atoms with Crippen molar-refractivity contribution in [2.24, 2.45) is 0 Å². The highest BCUT2D eigenvalue weighted by Gasteiger charge is 2.13. The van der Waals surface area contributed by atoms with E-state index < -0.39 is 0 Å². The molecule has 0 aliphatic rings. The van der Waals surface area contributed by atoms with Gasteiger partial charge in [0.05, 0.1) is 6.04 Å². The van der Waals surface area contributed by atoms with E-state index in [1.54, 1.807) is 19.0 Å². The summed E-state index contributed by atoms with van der Waals surface area (Å²) in [6.07, 6.45) is 0. The average molecular weight is 241 g/mol. The normalized spacial score (nSPS) is 12.2. The van der Waals surface area contributed by atoms with Gasteiger partial charge in [-0.25, -0.2) is 0 Å². The fourth-order valence-electron chi connectivity index (χ4n) is 1.38. The summed E-state index contributed by atoms with van der Waals surface area (Å²) in [6, 6.07) is 7.41. The SMILES string of the molecule is CC(NCc1ccccc1Cl)C(=O)N(C)C. The first-order valence-electron chi connectivity index (χ1n) is 5.20. The predicted octanol–water partition coefficient (Wildman–Crippen LogP) is 1.91. The molecule has 1 rings (SSSR count). The third-order valence-corrected chi connectivity index (χ3v) is 2.74. The van der Waals surface area contributed by atoms with Crippen molar-refractivity contribution in [2.75, 3.05) is 14.1 Å².